The highest BCUT2D eigenvalue weighted by Gasteiger charge is 2.30. The van der Waals surface area contributed by atoms with Gasteiger partial charge in [0.25, 0.3) is 0 Å². The molecule has 0 amide bonds. The molecule has 2 heteroatoms. The van der Waals surface area contributed by atoms with Gasteiger partial charge in [-0.2, -0.15) is 0 Å². The lowest BCUT2D eigenvalue weighted by Crippen LogP contribution is -2.37. The van der Waals surface area contributed by atoms with Crippen molar-refractivity contribution in [3.63, 3.8) is 0 Å². The van der Waals surface area contributed by atoms with Crippen LogP contribution in [0.2, 0.25) is 0 Å². The number of hydrogen-bond acceptors (Lipinski definition) is 2. The van der Waals surface area contributed by atoms with Gasteiger partial charge in [0.1, 0.15) is 11.9 Å². The first-order chi connectivity index (χ1) is 9.02. The summed E-state index contributed by atoms with van der Waals surface area (Å²) >= 11 is 0. The summed E-state index contributed by atoms with van der Waals surface area (Å²) in [6.45, 7) is 11.6. The lowest BCUT2D eigenvalue weighted by Gasteiger charge is -2.30. The van der Waals surface area contributed by atoms with Crippen LogP contribution in [0, 0.1) is 5.41 Å². The van der Waals surface area contributed by atoms with E-state index in [1.807, 2.05) is 6.07 Å². The molecule has 104 valence electrons. The van der Waals surface area contributed by atoms with E-state index in [1.54, 1.807) is 0 Å². The molecule has 0 fully saturated rings. The first kappa shape index (κ1) is 14.1. The molecule has 1 aliphatic heterocycles. The van der Waals surface area contributed by atoms with Crippen LogP contribution < -0.4 is 10.1 Å². The number of nitrogens with one attached hydrogen (secondary N) is 1. The predicted octanol–water partition coefficient (Wildman–Crippen LogP) is 3.57. The molecule has 0 saturated heterocycles. The molecule has 0 aliphatic carbocycles. The summed E-state index contributed by atoms with van der Waals surface area (Å²) in [4.78, 5) is 0. The van der Waals surface area contributed by atoms with Crippen LogP contribution in [0.15, 0.2) is 36.9 Å². The number of hydrogen-bond donors (Lipinski definition) is 1. The molecule has 0 radical (unpaired) electrons. The molecule has 2 atom stereocenters. The van der Waals surface area contributed by atoms with Crippen LogP contribution in [0.1, 0.15) is 32.8 Å². The van der Waals surface area contributed by atoms with Crippen LogP contribution in [0.3, 0.4) is 0 Å². The molecule has 19 heavy (non-hydrogen) atoms. The van der Waals surface area contributed by atoms with Crippen molar-refractivity contribution in [2.75, 3.05) is 6.54 Å². The Morgan fingerprint density at radius 2 is 2.21 bits per heavy atom. The minimum atomic E-state index is 0.0803. The second-order valence-electron chi connectivity index (χ2n) is 6.15. The van der Waals surface area contributed by atoms with Crippen LogP contribution in [0.5, 0.6) is 5.75 Å². The summed E-state index contributed by atoms with van der Waals surface area (Å²) < 4.78 is 6.04. The lowest BCUT2D eigenvalue weighted by atomic mass is 9.83. The van der Waals surface area contributed by atoms with Gasteiger partial charge in [0.05, 0.1) is 0 Å². The fraction of sp³-hybridized carbons (Fsp3) is 0.529. The molecule has 2 nitrogen and oxygen atoms in total. The van der Waals surface area contributed by atoms with Gasteiger partial charge in [-0.05, 0) is 18.1 Å². The number of fused-ring (bicyclic) bond motifs is 1. The highest BCUT2D eigenvalue weighted by atomic mass is 16.5. The molecule has 0 aromatic heterocycles. The van der Waals surface area contributed by atoms with Crippen molar-refractivity contribution >= 4 is 0 Å². The van der Waals surface area contributed by atoms with Crippen LogP contribution in [0.4, 0.5) is 0 Å². The van der Waals surface area contributed by atoms with E-state index in [-0.39, 0.29) is 11.5 Å². The van der Waals surface area contributed by atoms with E-state index >= 15 is 0 Å². The van der Waals surface area contributed by atoms with Crippen LogP contribution in [-0.4, -0.2) is 18.7 Å². The number of para-hydroxylation sites is 1. The molecule has 0 saturated carbocycles. The van der Waals surface area contributed by atoms with E-state index in [9.17, 15) is 0 Å². The third-order valence-corrected chi connectivity index (χ3v) is 3.81. The van der Waals surface area contributed by atoms with Crippen molar-refractivity contribution in [1.29, 1.82) is 0 Å². The van der Waals surface area contributed by atoms with E-state index in [2.05, 4.69) is 56.9 Å². The van der Waals surface area contributed by atoms with Gasteiger partial charge >= 0.3 is 0 Å². The van der Waals surface area contributed by atoms with Crippen molar-refractivity contribution in [1.82, 2.24) is 5.32 Å². The largest absolute Gasteiger partial charge is 0.490 e. The zero-order valence-corrected chi connectivity index (χ0v) is 12.3. The maximum absolute atomic E-state index is 6.04. The van der Waals surface area contributed by atoms with Crippen LogP contribution in [0.25, 0.3) is 0 Å². The first-order valence-corrected chi connectivity index (χ1v) is 7.14. The molecule has 0 bridgehead atoms. The topological polar surface area (TPSA) is 21.3 Å². The minimum Gasteiger partial charge on any atom is -0.490 e. The van der Waals surface area contributed by atoms with Gasteiger partial charge < -0.3 is 10.1 Å². The molecular weight excluding hydrogens is 234 g/mol. The van der Waals surface area contributed by atoms with E-state index in [0.717, 1.165) is 25.1 Å². The Hall–Kier alpha value is -1.28. The molecular formula is C17H25NO. The fourth-order valence-electron chi connectivity index (χ4n) is 2.55. The SMILES string of the molecule is C=CC(C)(CNC(C)C)CC1Cc2ccccc2O1. The van der Waals surface area contributed by atoms with E-state index < -0.39 is 0 Å². The highest BCUT2D eigenvalue weighted by molar-refractivity contribution is 5.37. The zero-order valence-electron chi connectivity index (χ0n) is 12.3. The maximum atomic E-state index is 6.04. The molecule has 1 aromatic carbocycles. The Morgan fingerprint density at radius 1 is 1.47 bits per heavy atom. The molecule has 2 unspecified atom stereocenters. The molecule has 2 rings (SSSR count). The van der Waals surface area contributed by atoms with Crippen molar-refractivity contribution in [2.24, 2.45) is 5.41 Å². The Balaban J connectivity index is 1.95. The molecule has 1 aliphatic rings. The fourth-order valence-corrected chi connectivity index (χ4v) is 2.55. The standard InChI is InChI=1S/C17H25NO/c1-5-17(4,12-18-13(2)3)11-15-10-14-8-6-7-9-16(14)19-15/h5-9,13,15,18H,1,10-12H2,2-4H3. The second-order valence-corrected chi connectivity index (χ2v) is 6.15. The summed E-state index contributed by atoms with van der Waals surface area (Å²) in [5, 5.41) is 3.51. The van der Waals surface area contributed by atoms with Crippen molar-refractivity contribution < 1.29 is 4.74 Å². The molecule has 1 heterocycles. The van der Waals surface area contributed by atoms with Gasteiger partial charge in [0.15, 0.2) is 0 Å². The van der Waals surface area contributed by atoms with Gasteiger partial charge in [-0.25, -0.2) is 0 Å². The van der Waals surface area contributed by atoms with E-state index in [4.69, 9.17) is 4.74 Å². The van der Waals surface area contributed by atoms with Gasteiger partial charge in [-0.15, -0.1) is 6.58 Å². The molecule has 1 aromatic rings. The van der Waals surface area contributed by atoms with Crippen molar-refractivity contribution in [3.8, 4) is 5.75 Å². The van der Waals surface area contributed by atoms with Crippen molar-refractivity contribution in [3.05, 3.63) is 42.5 Å². The third-order valence-electron chi connectivity index (χ3n) is 3.81. The quantitative estimate of drug-likeness (QED) is 0.789. The maximum Gasteiger partial charge on any atom is 0.123 e. The van der Waals surface area contributed by atoms with Crippen LogP contribution in [-0.2, 0) is 6.42 Å². The van der Waals surface area contributed by atoms with E-state index in [0.29, 0.717) is 6.04 Å². The van der Waals surface area contributed by atoms with Gasteiger partial charge in [0.2, 0.25) is 0 Å². The Morgan fingerprint density at radius 3 is 2.84 bits per heavy atom. The normalized spacial score (nSPS) is 20.7. The van der Waals surface area contributed by atoms with E-state index in [1.165, 1.54) is 5.56 Å². The monoisotopic (exact) mass is 259 g/mol. The molecule has 0 spiro atoms. The second kappa shape index (κ2) is 5.79. The Labute approximate surface area is 116 Å². The van der Waals surface area contributed by atoms with Crippen LogP contribution >= 0.6 is 0 Å². The average molecular weight is 259 g/mol. The summed E-state index contributed by atoms with van der Waals surface area (Å²) in [5.41, 5.74) is 1.41. The van der Waals surface area contributed by atoms with Gasteiger partial charge in [-0.1, -0.05) is 45.0 Å². The summed E-state index contributed by atoms with van der Waals surface area (Å²) in [5.74, 6) is 1.05. The smallest absolute Gasteiger partial charge is 0.123 e. The summed E-state index contributed by atoms with van der Waals surface area (Å²) in [7, 11) is 0. The Kier molecular flexibility index (Phi) is 4.31. The summed E-state index contributed by atoms with van der Waals surface area (Å²) in [6.07, 6.45) is 4.36. The third kappa shape index (κ3) is 3.60. The zero-order chi connectivity index (χ0) is 13.9. The number of benzene rings is 1. The number of rotatable bonds is 6. The molecule has 1 N–H and O–H groups in total. The lowest BCUT2D eigenvalue weighted by molar-refractivity contribution is 0.168. The van der Waals surface area contributed by atoms with Crippen molar-refractivity contribution in [2.45, 2.75) is 45.8 Å². The first-order valence-electron chi connectivity index (χ1n) is 7.14. The minimum absolute atomic E-state index is 0.0803. The average Bonchev–Trinajstić information content (AvgIpc) is 2.78. The highest BCUT2D eigenvalue weighted by Crippen LogP contribution is 2.34. The van der Waals surface area contributed by atoms with Gasteiger partial charge in [0, 0.05) is 24.4 Å². The number of ether oxygens (including phenoxy) is 1. The van der Waals surface area contributed by atoms with Gasteiger partial charge in [-0.3, -0.25) is 0 Å². The summed E-state index contributed by atoms with van der Waals surface area (Å²) in [6, 6.07) is 8.84. The predicted molar refractivity (Wildman–Crippen MR) is 80.6 cm³/mol. The Bertz CT molecular complexity index is 416.